The molecule has 0 aliphatic carbocycles. The van der Waals surface area contributed by atoms with Crippen LogP contribution in [0.15, 0.2) is 0 Å². The molecule has 1 aliphatic heterocycles. The van der Waals surface area contributed by atoms with Crippen LogP contribution in [0, 0.1) is 5.92 Å². The summed E-state index contributed by atoms with van der Waals surface area (Å²) in [5.74, 6) is 0.285. The summed E-state index contributed by atoms with van der Waals surface area (Å²) in [6.07, 6.45) is 1.99. The maximum absolute atomic E-state index is 11.9. The highest BCUT2D eigenvalue weighted by molar-refractivity contribution is 5.84. The summed E-state index contributed by atoms with van der Waals surface area (Å²) in [4.78, 5) is 25.2. The fourth-order valence-corrected chi connectivity index (χ4v) is 2.00. The number of piperidine rings is 1. The van der Waals surface area contributed by atoms with Gasteiger partial charge < -0.3 is 9.64 Å². The standard InChI is InChI=1S/C13H23NO3/c1-5-6-10-9-14(8-7-11(10)15)12(16)17-13(2,3)4/h10H,5-9H2,1-4H3/t10-/m1/s1. The Kier molecular flexibility index (Phi) is 4.54. The molecule has 0 N–H and O–H groups in total. The van der Waals surface area contributed by atoms with E-state index in [-0.39, 0.29) is 17.8 Å². The first-order chi connectivity index (χ1) is 7.83. The van der Waals surface area contributed by atoms with Gasteiger partial charge in [0, 0.05) is 25.4 Å². The third-order valence-corrected chi connectivity index (χ3v) is 2.81. The lowest BCUT2D eigenvalue weighted by Gasteiger charge is -2.33. The smallest absolute Gasteiger partial charge is 0.410 e. The zero-order valence-corrected chi connectivity index (χ0v) is 11.3. The van der Waals surface area contributed by atoms with E-state index in [1.54, 1.807) is 4.90 Å². The van der Waals surface area contributed by atoms with Crippen LogP contribution in [0.1, 0.15) is 47.0 Å². The fraction of sp³-hybridized carbons (Fsp3) is 0.846. The second-order valence-electron chi connectivity index (χ2n) is 5.63. The molecule has 4 nitrogen and oxygen atoms in total. The average molecular weight is 241 g/mol. The number of ketones is 1. The molecule has 0 aromatic carbocycles. The van der Waals surface area contributed by atoms with Crippen molar-refractivity contribution in [1.82, 2.24) is 4.90 Å². The third kappa shape index (κ3) is 4.36. The molecule has 4 heteroatoms. The molecule has 1 heterocycles. The molecule has 0 bridgehead atoms. The number of amides is 1. The van der Waals surface area contributed by atoms with Crippen LogP contribution in [0.3, 0.4) is 0 Å². The minimum Gasteiger partial charge on any atom is -0.444 e. The predicted molar refractivity (Wildman–Crippen MR) is 65.8 cm³/mol. The molecule has 17 heavy (non-hydrogen) atoms. The summed E-state index contributed by atoms with van der Waals surface area (Å²) in [6, 6.07) is 0. The first kappa shape index (κ1) is 14.0. The van der Waals surface area contributed by atoms with Gasteiger partial charge in [-0.3, -0.25) is 4.79 Å². The zero-order valence-electron chi connectivity index (χ0n) is 11.3. The Balaban J connectivity index is 2.55. The van der Waals surface area contributed by atoms with E-state index in [9.17, 15) is 9.59 Å². The Bertz CT molecular complexity index is 294. The molecule has 1 atom stereocenters. The van der Waals surface area contributed by atoms with E-state index in [0.29, 0.717) is 19.5 Å². The van der Waals surface area contributed by atoms with E-state index in [1.807, 2.05) is 20.8 Å². The molecule has 0 saturated carbocycles. The summed E-state index contributed by atoms with van der Waals surface area (Å²) in [5, 5.41) is 0. The van der Waals surface area contributed by atoms with Crippen molar-refractivity contribution in [3.05, 3.63) is 0 Å². The van der Waals surface area contributed by atoms with Gasteiger partial charge in [0.25, 0.3) is 0 Å². The summed E-state index contributed by atoms with van der Waals surface area (Å²) in [7, 11) is 0. The highest BCUT2D eigenvalue weighted by atomic mass is 16.6. The average Bonchev–Trinajstić information content (AvgIpc) is 2.19. The number of nitrogens with zero attached hydrogens (tertiary/aromatic N) is 1. The van der Waals surface area contributed by atoms with Gasteiger partial charge in [0.15, 0.2) is 0 Å². The largest absolute Gasteiger partial charge is 0.444 e. The third-order valence-electron chi connectivity index (χ3n) is 2.81. The predicted octanol–water partition coefficient (Wildman–Crippen LogP) is 2.61. The molecule has 0 spiro atoms. The first-order valence-electron chi connectivity index (χ1n) is 6.34. The van der Waals surface area contributed by atoms with Gasteiger partial charge in [0.2, 0.25) is 0 Å². The molecular formula is C13H23NO3. The number of likely N-dealkylation sites (tertiary alicyclic amines) is 1. The molecule has 0 aromatic heterocycles. The van der Waals surface area contributed by atoms with E-state index in [1.165, 1.54) is 0 Å². The maximum atomic E-state index is 11.9. The van der Waals surface area contributed by atoms with Crippen LogP contribution >= 0.6 is 0 Å². The molecule has 1 amide bonds. The number of carbonyl (C=O) groups excluding carboxylic acids is 2. The lowest BCUT2D eigenvalue weighted by molar-refractivity contribution is -0.126. The fourth-order valence-electron chi connectivity index (χ4n) is 2.00. The quantitative estimate of drug-likeness (QED) is 0.746. The minimum atomic E-state index is -0.473. The van der Waals surface area contributed by atoms with Crippen LogP contribution in [0.5, 0.6) is 0 Å². The maximum Gasteiger partial charge on any atom is 0.410 e. The monoisotopic (exact) mass is 241 g/mol. The molecule has 1 aliphatic rings. The lowest BCUT2D eigenvalue weighted by Crippen LogP contribution is -2.46. The Hall–Kier alpha value is -1.06. The van der Waals surface area contributed by atoms with Gasteiger partial charge in [0.05, 0.1) is 0 Å². The van der Waals surface area contributed by atoms with Gasteiger partial charge in [-0.25, -0.2) is 4.79 Å². The van der Waals surface area contributed by atoms with E-state index < -0.39 is 5.60 Å². The lowest BCUT2D eigenvalue weighted by atomic mass is 9.92. The van der Waals surface area contributed by atoms with Crippen molar-refractivity contribution in [1.29, 1.82) is 0 Å². The molecule has 0 aromatic rings. The summed E-state index contributed by atoms with van der Waals surface area (Å²) in [5.41, 5.74) is -0.473. The van der Waals surface area contributed by atoms with Crippen molar-refractivity contribution >= 4 is 11.9 Å². The number of ether oxygens (including phenoxy) is 1. The van der Waals surface area contributed by atoms with Crippen molar-refractivity contribution in [3.63, 3.8) is 0 Å². The van der Waals surface area contributed by atoms with Crippen molar-refractivity contribution in [3.8, 4) is 0 Å². The normalized spacial score (nSPS) is 21.5. The molecular weight excluding hydrogens is 218 g/mol. The van der Waals surface area contributed by atoms with E-state index in [0.717, 1.165) is 12.8 Å². The summed E-state index contributed by atoms with van der Waals surface area (Å²) >= 11 is 0. The van der Waals surface area contributed by atoms with Gasteiger partial charge in [-0.2, -0.15) is 0 Å². The van der Waals surface area contributed by atoms with Crippen LogP contribution < -0.4 is 0 Å². The SMILES string of the molecule is CCC[C@@H]1CN(C(=O)OC(C)(C)C)CCC1=O. The number of rotatable bonds is 2. The van der Waals surface area contributed by atoms with Crippen molar-refractivity contribution < 1.29 is 14.3 Å². The van der Waals surface area contributed by atoms with Gasteiger partial charge in [-0.05, 0) is 27.2 Å². The topological polar surface area (TPSA) is 46.6 Å². The second kappa shape index (κ2) is 5.52. The number of hydrogen-bond donors (Lipinski definition) is 0. The Morgan fingerprint density at radius 1 is 1.47 bits per heavy atom. The van der Waals surface area contributed by atoms with Crippen LogP contribution in [0.4, 0.5) is 4.79 Å². The Morgan fingerprint density at radius 2 is 2.12 bits per heavy atom. The highest BCUT2D eigenvalue weighted by Gasteiger charge is 2.31. The molecule has 0 radical (unpaired) electrons. The number of Topliss-reactive ketones (excluding diaryl/α,β-unsaturated/α-hetero) is 1. The molecule has 1 rings (SSSR count). The van der Waals surface area contributed by atoms with E-state index >= 15 is 0 Å². The summed E-state index contributed by atoms with van der Waals surface area (Å²) in [6.45, 7) is 8.62. The molecule has 1 saturated heterocycles. The van der Waals surface area contributed by atoms with Gasteiger partial charge in [-0.15, -0.1) is 0 Å². The number of carbonyl (C=O) groups is 2. The Morgan fingerprint density at radius 3 is 2.65 bits per heavy atom. The van der Waals surface area contributed by atoms with Crippen molar-refractivity contribution in [2.24, 2.45) is 5.92 Å². The first-order valence-corrected chi connectivity index (χ1v) is 6.34. The summed E-state index contributed by atoms with van der Waals surface area (Å²) < 4.78 is 5.31. The van der Waals surface area contributed by atoms with Gasteiger partial charge in [0.1, 0.15) is 11.4 Å². The van der Waals surface area contributed by atoms with Crippen LogP contribution in [0.25, 0.3) is 0 Å². The van der Waals surface area contributed by atoms with Crippen molar-refractivity contribution in [2.45, 2.75) is 52.6 Å². The van der Waals surface area contributed by atoms with Gasteiger partial charge >= 0.3 is 6.09 Å². The second-order valence-corrected chi connectivity index (χ2v) is 5.63. The van der Waals surface area contributed by atoms with E-state index in [2.05, 4.69) is 6.92 Å². The highest BCUT2D eigenvalue weighted by Crippen LogP contribution is 2.20. The van der Waals surface area contributed by atoms with E-state index in [4.69, 9.17) is 4.74 Å². The zero-order chi connectivity index (χ0) is 13.1. The number of hydrogen-bond acceptors (Lipinski definition) is 3. The molecule has 0 unspecified atom stereocenters. The van der Waals surface area contributed by atoms with Gasteiger partial charge in [-0.1, -0.05) is 13.3 Å². The van der Waals surface area contributed by atoms with Crippen molar-refractivity contribution in [2.75, 3.05) is 13.1 Å². The van der Waals surface area contributed by atoms with Crippen LogP contribution in [0.2, 0.25) is 0 Å². The molecule has 98 valence electrons. The Labute approximate surface area is 103 Å². The van der Waals surface area contributed by atoms with Crippen LogP contribution in [-0.4, -0.2) is 35.5 Å². The van der Waals surface area contributed by atoms with Crippen LogP contribution in [-0.2, 0) is 9.53 Å². The molecule has 1 fully saturated rings. The minimum absolute atomic E-state index is 0.00117.